The van der Waals surface area contributed by atoms with Crippen LogP contribution in [0.3, 0.4) is 0 Å². The second-order valence-corrected chi connectivity index (χ2v) is 9.59. The molecule has 0 atom stereocenters. The van der Waals surface area contributed by atoms with Crippen LogP contribution >= 0.6 is 0 Å². The van der Waals surface area contributed by atoms with E-state index in [-0.39, 0.29) is 3.71 Å². The second-order valence-electron chi connectivity index (χ2n) is 4.12. The standard InChI is InChI=1S/C9H12FNO7S3/c1-19(12,13)11(20(2,14)15)8-6-7(10)4-5-9(8)18-21(3,16)17/h4-6H,1-3H3. The molecule has 1 aromatic carbocycles. The summed E-state index contributed by atoms with van der Waals surface area (Å²) in [4.78, 5) is 0. The number of nitrogens with zero attached hydrogens (tertiary/aromatic N) is 1. The Bertz CT molecular complexity index is 827. The molecule has 0 N–H and O–H groups in total. The lowest BCUT2D eigenvalue weighted by molar-refractivity contribution is 0.492. The van der Waals surface area contributed by atoms with Crippen LogP contribution in [0.2, 0.25) is 0 Å². The van der Waals surface area contributed by atoms with Crippen molar-refractivity contribution in [3.63, 3.8) is 0 Å². The van der Waals surface area contributed by atoms with Crippen LogP contribution in [0.25, 0.3) is 0 Å². The van der Waals surface area contributed by atoms with Crippen molar-refractivity contribution < 1.29 is 33.8 Å². The maximum Gasteiger partial charge on any atom is 0.306 e. The highest BCUT2D eigenvalue weighted by Crippen LogP contribution is 2.33. The molecule has 1 aromatic rings. The van der Waals surface area contributed by atoms with Crippen molar-refractivity contribution in [2.24, 2.45) is 0 Å². The van der Waals surface area contributed by atoms with Gasteiger partial charge in [-0.3, -0.25) is 0 Å². The second kappa shape index (κ2) is 5.42. The summed E-state index contributed by atoms with van der Waals surface area (Å²) < 4.78 is 86.4. The minimum Gasteiger partial charge on any atom is -0.380 e. The summed E-state index contributed by atoms with van der Waals surface area (Å²) in [6.45, 7) is 0. The summed E-state index contributed by atoms with van der Waals surface area (Å²) in [7, 11) is -12.8. The molecule has 0 aromatic heterocycles. The van der Waals surface area contributed by atoms with Crippen LogP contribution in [0.5, 0.6) is 5.75 Å². The van der Waals surface area contributed by atoms with Crippen molar-refractivity contribution in [3.05, 3.63) is 24.0 Å². The van der Waals surface area contributed by atoms with E-state index in [9.17, 15) is 29.6 Å². The molecule has 8 nitrogen and oxygen atoms in total. The average molecular weight is 361 g/mol. The van der Waals surface area contributed by atoms with E-state index >= 15 is 0 Å². The first-order valence-corrected chi connectivity index (χ1v) is 10.6. The topological polar surface area (TPSA) is 115 Å². The third-order valence-corrected chi connectivity index (χ3v) is 5.67. The van der Waals surface area contributed by atoms with Crippen molar-refractivity contribution in [2.45, 2.75) is 0 Å². The Hall–Kier alpha value is -1.40. The van der Waals surface area contributed by atoms with Gasteiger partial charge in [-0.2, -0.15) is 12.1 Å². The van der Waals surface area contributed by atoms with Gasteiger partial charge in [0.05, 0.1) is 18.8 Å². The first-order valence-electron chi connectivity index (χ1n) is 5.11. The summed E-state index contributed by atoms with van der Waals surface area (Å²) in [6, 6.07) is 2.16. The number of benzene rings is 1. The number of halogens is 1. The van der Waals surface area contributed by atoms with Gasteiger partial charge in [-0.25, -0.2) is 21.2 Å². The maximum atomic E-state index is 13.3. The van der Waals surface area contributed by atoms with E-state index in [0.717, 1.165) is 12.1 Å². The lowest BCUT2D eigenvalue weighted by Gasteiger charge is -2.21. The Kier molecular flexibility index (Phi) is 4.56. The van der Waals surface area contributed by atoms with Gasteiger partial charge in [0.1, 0.15) is 11.5 Å². The largest absolute Gasteiger partial charge is 0.380 e. The highest BCUT2D eigenvalue weighted by molar-refractivity contribution is 8.09. The van der Waals surface area contributed by atoms with Crippen LogP contribution in [0.1, 0.15) is 0 Å². The van der Waals surface area contributed by atoms with Gasteiger partial charge >= 0.3 is 10.1 Å². The van der Waals surface area contributed by atoms with E-state index in [1.807, 2.05) is 0 Å². The van der Waals surface area contributed by atoms with Crippen LogP contribution in [-0.2, 0) is 30.2 Å². The molecule has 0 amide bonds. The lowest BCUT2D eigenvalue weighted by Crippen LogP contribution is -2.35. The molecule has 0 radical (unpaired) electrons. The van der Waals surface area contributed by atoms with Gasteiger partial charge in [0.25, 0.3) is 0 Å². The fourth-order valence-electron chi connectivity index (χ4n) is 1.47. The van der Waals surface area contributed by atoms with Crippen LogP contribution < -0.4 is 7.89 Å². The van der Waals surface area contributed by atoms with E-state index in [1.54, 1.807) is 0 Å². The minimum atomic E-state index is -4.37. The molecule has 0 aliphatic rings. The Morgan fingerprint density at radius 3 is 1.81 bits per heavy atom. The third-order valence-electron chi connectivity index (χ3n) is 1.96. The molecule has 0 unspecified atom stereocenters. The average Bonchev–Trinajstić information content (AvgIpc) is 2.15. The normalized spacial score (nSPS) is 13.0. The molecule has 0 aliphatic heterocycles. The first-order chi connectivity index (χ1) is 9.22. The predicted octanol–water partition coefficient (Wildman–Crippen LogP) is -0.110. The third kappa shape index (κ3) is 4.82. The summed E-state index contributed by atoms with van der Waals surface area (Å²) >= 11 is 0. The molecule has 12 heteroatoms. The fraction of sp³-hybridized carbons (Fsp3) is 0.333. The Morgan fingerprint density at radius 2 is 1.43 bits per heavy atom. The number of sulfonamides is 2. The molecule has 0 fully saturated rings. The molecule has 1 rings (SSSR count). The van der Waals surface area contributed by atoms with Gasteiger partial charge in [0.15, 0.2) is 5.75 Å². The SMILES string of the molecule is CS(=O)(=O)Oc1ccc(F)cc1N(S(C)(=O)=O)S(C)(=O)=O. The monoisotopic (exact) mass is 361 g/mol. The van der Waals surface area contributed by atoms with Crippen LogP contribution in [0, 0.1) is 5.82 Å². The quantitative estimate of drug-likeness (QED) is 0.672. The Morgan fingerprint density at radius 1 is 0.952 bits per heavy atom. The van der Waals surface area contributed by atoms with Gasteiger partial charge in [0, 0.05) is 6.07 Å². The summed E-state index contributed by atoms with van der Waals surface area (Å²) in [5.41, 5.74) is -0.759. The van der Waals surface area contributed by atoms with Crippen molar-refractivity contribution in [1.29, 1.82) is 0 Å². The molecule has 0 saturated carbocycles. The van der Waals surface area contributed by atoms with Crippen LogP contribution in [-0.4, -0.2) is 44.0 Å². The van der Waals surface area contributed by atoms with Crippen LogP contribution in [0.4, 0.5) is 10.1 Å². The predicted molar refractivity (Wildman–Crippen MR) is 74.0 cm³/mol. The fourth-order valence-corrected chi connectivity index (χ4v) is 4.90. The number of rotatable bonds is 5. The minimum absolute atomic E-state index is 0.108. The molecule has 0 heterocycles. The smallest absolute Gasteiger partial charge is 0.306 e. The van der Waals surface area contributed by atoms with Crippen molar-refractivity contribution in [3.8, 4) is 5.75 Å². The zero-order valence-corrected chi connectivity index (χ0v) is 13.6. The van der Waals surface area contributed by atoms with E-state index < -0.39 is 47.4 Å². The first kappa shape index (κ1) is 17.7. The highest BCUT2D eigenvalue weighted by atomic mass is 32.3. The van der Waals surface area contributed by atoms with Gasteiger partial charge in [0.2, 0.25) is 20.0 Å². The van der Waals surface area contributed by atoms with Gasteiger partial charge in [-0.05, 0) is 12.1 Å². The number of hydrogen-bond acceptors (Lipinski definition) is 7. The molecular formula is C9H12FNO7S3. The van der Waals surface area contributed by atoms with Crippen molar-refractivity contribution >= 4 is 35.9 Å². The molecule has 0 spiro atoms. The van der Waals surface area contributed by atoms with Gasteiger partial charge in [-0.15, -0.1) is 0 Å². The van der Waals surface area contributed by atoms with E-state index in [4.69, 9.17) is 0 Å². The maximum absolute atomic E-state index is 13.3. The summed E-state index contributed by atoms with van der Waals surface area (Å²) in [5, 5.41) is 0. The molecular weight excluding hydrogens is 349 g/mol. The van der Waals surface area contributed by atoms with Crippen molar-refractivity contribution in [1.82, 2.24) is 0 Å². The number of anilines is 1. The van der Waals surface area contributed by atoms with Gasteiger partial charge < -0.3 is 4.18 Å². The summed E-state index contributed by atoms with van der Waals surface area (Å²) in [5.74, 6) is -1.60. The molecule has 0 bridgehead atoms. The zero-order chi connectivity index (χ0) is 16.6. The molecule has 0 saturated heterocycles. The molecule has 120 valence electrons. The Balaban J connectivity index is 3.70. The zero-order valence-electron chi connectivity index (χ0n) is 11.1. The van der Waals surface area contributed by atoms with E-state index in [2.05, 4.69) is 4.18 Å². The van der Waals surface area contributed by atoms with E-state index in [1.165, 1.54) is 0 Å². The molecule has 0 aliphatic carbocycles. The summed E-state index contributed by atoms with van der Waals surface area (Å²) in [6.07, 6.45) is 1.82. The Labute approximate surface area is 122 Å². The van der Waals surface area contributed by atoms with E-state index in [0.29, 0.717) is 24.8 Å². The van der Waals surface area contributed by atoms with Gasteiger partial charge in [-0.1, -0.05) is 0 Å². The highest BCUT2D eigenvalue weighted by Gasteiger charge is 2.31. The molecule has 21 heavy (non-hydrogen) atoms. The van der Waals surface area contributed by atoms with Crippen LogP contribution in [0.15, 0.2) is 18.2 Å². The lowest BCUT2D eigenvalue weighted by atomic mass is 10.3. The van der Waals surface area contributed by atoms with Crippen molar-refractivity contribution in [2.75, 3.05) is 22.5 Å². The number of hydrogen-bond donors (Lipinski definition) is 0.